The van der Waals surface area contributed by atoms with Crippen LogP contribution in [0.2, 0.25) is 0 Å². The first-order valence-corrected chi connectivity index (χ1v) is 8.11. The van der Waals surface area contributed by atoms with Crippen molar-refractivity contribution >= 4 is 6.03 Å². The molecule has 5 heteroatoms. The number of nitrogens with one attached hydrogen (secondary N) is 2. The molecule has 1 saturated carbocycles. The van der Waals surface area contributed by atoms with Gasteiger partial charge in [0.05, 0.1) is 6.61 Å². The molecule has 0 aromatic rings. The van der Waals surface area contributed by atoms with Crippen LogP contribution in [-0.4, -0.2) is 53.9 Å². The Kier molecular flexibility index (Phi) is 6.10. The molecule has 0 spiro atoms. The van der Waals surface area contributed by atoms with Crippen LogP contribution in [0.4, 0.5) is 4.79 Å². The molecule has 0 unspecified atom stereocenters. The molecule has 1 aliphatic carbocycles. The molecule has 1 atom stereocenters. The maximum absolute atomic E-state index is 12.2. The highest BCUT2D eigenvalue weighted by atomic mass is 16.3. The molecule has 1 heterocycles. The van der Waals surface area contributed by atoms with Crippen molar-refractivity contribution in [2.45, 2.75) is 70.0 Å². The summed E-state index contributed by atoms with van der Waals surface area (Å²) in [5, 5.41) is 15.6. The van der Waals surface area contributed by atoms with E-state index in [0.717, 1.165) is 38.8 Å². The van der Waals surface area contributed by atoms with Crippen molar-refractivity contribution in [3.05, 3.63) is 0 Å². The number of aliphatic hydroxyl groups is 1. The van der Waals surface area contributed by atoms with Crippen molar-refractivity contribution in [3.8, 4) is 0 Å². The van der Waals surface area contributed by atoms with E-state index >= 15 is 0 Å². The van der Waals surface area contributed by atoms with E-state index in [1.54, 1.807) is 0 Å². The number of hydrogen-bond acceptors (Lipinski definition) is 3. The van der Waals surface area contributed by atoms with Crippen molar-refractivity contribution in [2.24, 2.45) is 0 Å². The number of carbonyl (C=O) groups excluding carboxylic acids is 1. The minimum Gasteiger partial charge on any atom is -0.395 e. The summed E-state index contributed by atoms with van der Waals surface area (Å²) >= 11 is 0. The number of piperidine rings is 1. The number of rotatable bonds is 4. The molecule has 3 N–H and O–H groups in total. The first-order chi connectivity index (χ1) is 9.69. The lowest BCUT2D eigenvalue weighted by molar-refractivity contribution is 0.162. The molecule has 2 rings (SSSR count). The third kappa shape index (κ3) is 4.63. The van der Waals surface area contributed by atoms with Gasteiger partial charge in [0.2, 0.25) is 0 Å². The number of urea groups is 1. The Bertz CT molecular complexity index is 297. The van der Waals surface area contributed by atoms with Gasteiger partial charge in [0.15, 0.2) is 0 Å². The lowest BCUT2D eigenvalue weighted by Crippen LogP contribution is -2.52. The van der Waals surface area contributed by atoms with Crippen LogP contribution in [-0.2, 0) is 0 Å². The van der Waals surface area contributed by atoms with Gasteiger partial charge in [-0.25, -0.2) is 4.79 Å². The molecule has 2 aliphatic rings. The second-order valence-corrected chi connectivity index (χ2v) is 6.30. The number of nitrogens with zero attached hydrogens (tertiary/aromatic N) is 1. The Morgan fingerprint density at radius 3 is 2.40 bits per heavy atom. The van der Waals surface area contributed by atoms with Crippen LogP contribution in [0, 0.1) is 0 Å². The van der Waals surface area contributed by atoms with Crippen LogP contribution in [0.1, 0.15) is 51.9 Å². The van der Waals surface area contributed by atoms with Crippen molar-refractivity contribution in [1.82, 2.24) is 15.5 Å². The van der Waals surface area contributed by atoms with E-state index in [-0.39, 0.29) is 18.7 Å². The minimum absolute atomic E-state index is 0.116. The first kappa shape index (κ1) is 15.6. The Balaban J connectivity index is 1.68. The van der Waals surface area contributed by atoms with Crippen LogP contribution in [0.25, 0.3) is 0 Å². The average molecular weight is 283 g/mol. The fourth-order valence-electron chi connectivity index (χ4n) is 3.22. The van der Waals surface area contributed by atoms with Gasteiger partial charge in [0.25, 0.3) is 0 Å². The third-order valence-corrected chi connectivity index (χ3v) is 4.51. The maximum Gasteiger partial charge on any atom is 0.317 e. The molecule has 20 heavy (non-hydrogen) atoms. The highest BCUT2D eigenvalue weighted by molar-refractivity contribution is 5.74. The standard InChI is InChI=1S/C15H29N3O2/c1-12(11-19)16-14-7-9-18(10-8-14)15(20)17-13-5-3-2-4-6-13/h12-14,16,19H,2-11H2,1H3,(H,17,20)/t12-/m0/s1. The third-order valence-electron chi connectivity index (χ3n) is 4.51. The maximum atomic E-state index is 12.2. The number of aliphatic hydroxyl groups excluding tert-OH is 1. The van der Waals surface area contributed by atoms with Gasteiger partial charge in [-0.3, -0.25) is 0 Å². The lowest BCUT2D eigenvalue weighted by atomic mass is 9.95. The Morgan fingerprint density at radius 2 is 1.80 bits per heavy atom. The van der Waals surface area contributed by atoms with Crippen molar-refractivity contribution < 1.29 is 9.90 Å². The predicted molar refractivity (Wildman–Crippen MR) is 79.7 cm³/mol. The zero-order valence-electron chi connectivity index (χ0n) is 12.6. The average Bonchev–Trinajstić information content (AvgIpc) is 2.49. The van der Waals surface area contributed by atoms with E-state index in [9.17, 15) is 4.79 Å². The molecule has 0 radical (unpaired) electrons. The molecule has 1 saturated heterocycles. The molecule has 5 nitrogen and oxygen atoms in total. The fraction of sp³-hybridized carbons (Fsp3) is 0.933. The van der Waals surface area contributed by atoms with Gasteiger partial charge >= 0.3 is 6.03 Å². The van der Waals surface area contributed by atoms with Gasteiger partial charge in [-0.15, -0.1) is 0 Å². The molecular formula is C15H29N3O2. The van der Waals surface area contributed by atoms with Gasteiger partial charge in [-0.2, -0.15) is 0 Å². The van der Waals surface area contributed by atoms with Gasteiger partial charge < -0.3 is 20.6 Å². The summed E-state index contributed by atoms with van der Waals surface area (Å²) in [5.74, 6) is 0. The lowest BCUT2D eigenvalue weighted by Gasteiger charge is -2.35. The van der Waals surface area contributed by atoms with Crippen LogP contribution in [0.5, 0.6) is 0 Å². The molecule has 0 aromatic carbocycles. The Hall–Kier alpha value is -0.810. The first-order valence-electron chi connectivity index (χ1n) is 8.11. The second kappa shape index (κ2) is 7.84. The highest BCUT2D eigenvalue weighted by Crippen LogP contribution is 2.18. The van der Waals surface area contributed by atoms with E-state index < -0.39 is 0 Å². The SMILES string of the molecule is C[C@@H](CO)NC1CCN(C(=O)NC2CCCCC2)CC1. The van der Waals surface area contributed by atoms with Gasteiger partial charge in [0.1, 0.15) is 0 Å². The Morgan fingerprint density at radius 1 is 1.15 bits per heavy atom. The summed E-state index contributed by atoms with van der Waals surface area (Å²) in [4.78, 5) is 14.1. The van der Waals surface area contributed by atoms with Gasteiger partial charge in [0, 0.05) is 31.2 Å². The van der Waals surface area contributed by atoms with Crippen LogP contribution in [0.15, 0.2) is 0 Å². The summed E-state index contributed by atoms with van der Waals surface area (Å²) in [5.41, 5.74) is 0. The highest BCUT2D eigenvalue weighted by Gasteiger charge is 2.25. The van der Waals surface area contributed by atoms with Crippen molar-refractivity contribution in [2.75, 3.05) is 19.7 Å². The van der Waals surface area contributed by atoms with E-state index in [4.69, 9.17) is 5.11 Å². The number of hydrogen-bond donors (Lipinski definition) is 3. The molecule has 2 amide bonds. The Labute approximate surface area is 122 Å². The van der Waals surface area contributed by atoms with Gasteiger partial charge in [-0.1, -0.05) is 19.3 Å². The van der Waals surface area contributed by atoms with Gasteiger partial charge in [-0.05, 0) is 32.6 Å². The molecule has 2 fully saturated rings. The smallest absolute Gasteiger partial charge is 0.317 e. The van der Waals surface area contributed by atoms with Crippen LogP contribution in [0.3, 0.4) is 0 Å². The summed E-state index contributed by atoms with van der Waals surface area (Å²) < 4.78 is 0. The molecule has 0 aromatic heterocycles. The van der Waals surface area contributed by atoms with Crippen LogP contribution >= 0.6 is 0 Å². The topological polar surface area (TPSA) is 64.6 Å². The molecular weight excluding hydrogens is 254 g/mol. The minimum atomic E-state index is 0.116. The zero-order valence-corrected chi connectivity index (χ0v) is 12.6. The summed E-state index contributed by atoms with van der Waals surface area (Å²) in [6.45, 7) is 3.78. The normalized spacial score (nSPS) is 23.6. The van der Waals surface area contributed by atoms with E-state index in [2.05, 4.69) is 10.6 Å². The fourth-order valence-corrected chi connectivity index (χ4v) is 3.22. The molecule has 1 aliphatic heterocycles. The van der Waals surface area contributed by atoms with Crippen molar-refractivity contribution in [3.63, 3.8) is 0 Å². The van der Waals surface area contributed by atoms with E-state index in [1.807, 2.05) is 11.8 Å². The van der Waals surface area contributed by atoms with E-state index in [0.29, 0.717) is 12.1 Å². The summed E-state index contributed by atoms with van der Waals surface area (Å²) in [7, 11) is 0. The van der Waals surface area contributed by atoms with Crippen LogP contribution < -0.4 is 10.6 Å². The van der Waals surface area contributed by atoms with Crippen molar-refractivity contribution in [1.29, 1.82) is 0 Å². The molecule has 0 bridgehead atoms. The van der Waals surface area contributed by atoms with E-state index in [1.165, 1.54) is 19.3 Å². The largest absolute Gasteiger partial charge is 0.395 e. The monoisotopic (exact) mass is 283 g/mol. The molecule has 116 valence electrons. The zero-order chi connectivity index (χ0) is 14.4. The summed E-state index contributed by atoms with van der Waals surface area (Å²) in [6.07, 6.45) is 8.03. The second-order valence-electron chi connectivity index (χ2n) is 6.30. The quantitative estimate of drug-likeness (QED) is 0.732. The number of likely N-dealkylation sites (tertiary alicyclic amines) is 1. The summed E-state index contributed by atoms with van der Waals surface area (Å²) in [6, 6.07) is 1.07. The predicted octanol–water partition coefficient (Wildman–Crippen LogP) is 1.46. The number of carbonyl (C=O) groups is 1. The number of amides is 2.